The van der Waals surface area contributed by atoms with Gasteiger partial charge in [-0.3, -0.25) is 0 Å². The summed E-state index contributed by atoms with van der Waals surface area (Å²) in [6.45, 7) is 0. The first kappa shape index (κ1) is 13.7. The Balaban J connectivity index is 2.31. The van der Waals surface area contributed by atoms with Crippen molar-refractivity contribution in [3.05, 3.63) is 57.8 Å². The Kier molecular flexibility index (Phi) is 4.49. The van der Waals surface area contributed by atoms with Crippen LogP contribution < -0.4 is 4.74 Å². The summed E-state index contributed by atoms with van der Waals surface area (Å²) in [5.41, 5.74) is 1.01. The van der Waals surface area contributed by atoms with Crippen molar-refractivity contribution in [2.75, 3.05) is 0 Å². The molecule has 0 amide bonds. The lowest BCUT2D eigenvalue weighted by Gasteiger charge is -2.09. The lowest BCUT2D eigenvalue weighted by Crippen LogP contribution is -1.90. The molecule has 0 N–H and O–H groups in total. The van der Waals surface area contributed by atoms with Crippen molar-refractivity contribution in [2.24, 2.45) is 0 Å². The number of ether oxygens (including phenoxy) is 1. The average Bonchev–Trinajstić information content (AvgIpc) is 2.37. The van der Waals surface area contributed by atoms with Crippen molar-refractivity contribution >= 4 is 39.1 Å². The molecule has 2 rings (SSSR count). The van der Waals surface area contributed by atoms with Crippen molar-refractivity contribution in [3.8, 4) is 11.5 Å². The van der Waals surface area contributed by atoms with E-state index in [1.54, 1.807) is 18.2 Å². The molecular weight excluding hydrogens is 342 g/mol. The SMILES string of the molecule is Fc1c(Cl)cccc1Oc1ccc(CBr)cc1Cl. The zero-order valence-corrected chi connectivity index (χ0v) is 12.2. The van der Waals surface area contributed by atoms with Gasteiger partial charge in [0, 0.05) is 5.33 Å². The number of rotatable bonds is 3. The van der Waals surface area contributed by atoms with Crippen LogP contribution in [0.3, 0.4) is 0 Å². The second-order valence-corrected chi connectivity index (χ2v) is 4.93. The van der Waals surface area contributed by atoms with Gasteiger partial charge in [-0.2, -0.15) is 0 Å². The minimum Gasteiger partial charge on any atom is -0.453 e. The van der Waals surface area contributed by atoms with Crippen molar-refractivity contribution in [1.82, 2.24) is 0 Å². The van der Waals surface area contributed by atoms with Crippen LogP contribution in [0.25, 0.3) is 0 Å². The van der Waals surface area contributed by atoms with Crippen molar-refractivity contribution < 1.29 is 9.13 Å². The van der Waals surface area contributed by atoms with Gasteiger partial charge in [-0.05, 0) is 29.8 Å². The van der Waals surface area contributed by atoms with E-state index in [4.69, 9.17) is 27.9 Å². The summed E-state index contributed by atoms with van der Waals surface area (Å²) in [6, 6.07) is 9.86. The maximum absolute atomic E-state index is 13.7. The molecule has 0 radical (unpaired) electrons. The van der Waals surface area contributed by atoms with Crippen molar-refractivity contribution in [1.29, 1.82) is 0 Å². The summed E-state index contributed by atoms with van der Waals surface area (Å²) in [6.07, 6.45) is 0. The quantitative estimate of drug-likeness (QED) is 0.634. The molecular formula is C13H8BrCl2FO. The Morgan fingerprint density at radius 3 is 2.50 bits per heavy atom. The van der Waals surface area contributed by atoms with Crippen LogP contribution in [0.5, 0.6) is 11.5 Å². The first-order valence-electron chi connectivity index (χ1n) is 5.08. The van der Waals surface area contributed by atoms with Gasteiger partial charge in [0.1, 0.15) is 5.75 Å². The molecule has 0 saturated carbocycles. The maximum atomic E-state index is 13.7. The Bertz CT molecular complexity index is 575. The molecule has 0 aliphatic rings. The Hall–Kier alpha value is -0.770. The predicted octanol–water partition coefficient (Wildman–Crippen LogP) is 5.82. The third-order valence-electron chi connectivity index (χ3n) is 2.29. The number of alkyl halides is 1. The molecule has 5 heteroatoms. The summed E-state index contributed by atoms with van der Waals surface area (Å²) in [7, 11) is 0. The largest absolute Gasteiger partial charge is 0.453 e. The molecule has 0 bridgehead atoms. The third-order valence-corrected chi connectivity index (χ3v) is 3.52. The van der Waals surface area contributed by atoms with Crippen LogP contribution in [0.4, 0.5) is 4.39 Å². The summed E-state index contributed by atoms with van der Waals surface area (Å²) in [5.74, 6) is -0.154. The Labute approximate surface area is 123 Å². The van der Waals surface area contributed by atoms with Crippen LogP contribution in [0.2, 0.25) is 10.0 Å². The van der Waals surface area contributed by atoms with Gasteiger partial charge in [-0.25, -0.2) is 4.39 Å². The van der Waals surface area contributed by atoms with Crippen molar-refractivity contribution in [2.45, 2.75) is 5.33 Å². The number of hydrogen-bond acceptors (Lipinski definition) is 1. The molecule has 2 aromatic rings. The molecule has 1 nitrogen and oxygen atoms in total. The molecule has 18 heavy (non-hydrogen) atoms. The van der Waals surface area contributed by atoms with E-state index < -0.39 is 5.82 Å². The average molecular weight is 350 g/mol. The van der Waals surface area contributed by atoms with E-state index in [0.717, 1.165) is 5.56 Å². The fourth-order valence-electron chi connectivity index (χ4n) is 1.39. The van der Waals surface area contributed by atoms with E-state index in [2.05, 4.69) is 15.9 Å². The molecule has 0 aliphatic heterocycles. The second-order valence-electron chi connectivity index (χ2n) is 3.55. The smallest absolute Gasteiger partial charge is 0.184 e. The van der Waals surface area contributed by atoms with Crippen molar-refractivity contribution in [3.63, 3.8) is 0 Å². The van der Waals surface area contributed by atoms with E-state index in [9.17, 15) is 4.39 Å². The lowest BCUT2D eigenvalue weighted by atomic mass is 10.2. The highest BCUT2D eigenvalue weighted by molar-refractivity contribution is 9.08. The summed E-state index contributed by atoms with van der Waals surface area (Å²) in [5, 5.41) is 1.13. The summed E-state index contributed by atoms with van der Waals surface area (Å²) < 4.78 is 19.1. The predicted molar refractivity (Wildman–Crippen MR) is 75.6 cm³/mol. The Morgan fingerprint density at radius 1 is 1.06 bits per heavy atom. The minimum atomic E-state index is -0.597. The molecule has 94 valence electrons. The van der Waals surface area contributed by atoms with E-state index in [-0.39, 0.29) is 10.8 Å². The normalized spacial score (nSPS) is 10.4. The first-order chi connectivity index (χ1) is 8.61. The van der Waals surface area contributed by atoms with Gasteiger partial charge < -0.3 is 4.74 Å². The highest BCUT2D eigenvalue weighted by Crippen LogP contribution is 2.33. The van der Waals surface area contributed by atoms with Gasteiger partial charge >= 0.3 is 0 Å². The van der Waals surface area contributed by atoms with Crippen LogP contribution >= 0.6 is 39.1 Å². The van der Waals surface area contributed by atoms with Gasteiger partial charge in [0.25, 0.3) is 0 Å². The van der Waals surface area contributed by atoms with Crippen LogP contribution in [0.1, 0.15) is 5.56 Å². The van der Waals surface area contributed by atoms with Gasteiger partial charge in [0.2, 0.25) is 0 Å². The van der Waals surface area contributed by atoms with E-state index in [0.29, 0.717) is 16.1 Å². The standard InChI is InChI=1S/C13H8BrCl2FO/c14-7-8-4-5-11(10(16)6-8)18-12-3-1-2-9(15)13(12)17/h1-6H,7H2. The topological polar surface area (TPSA) is 9.23 Å². The molecule has 0 unspecified atom stereocenters. The fourth-order valence-corrected chi connectivity index (χ4v) is 2.15. The molecule has 0 heterocycles. The van der Waals surface area contributed by atoms with Crippen LogP contribution in [0, 0.1) is 5.82 Å². The van der Waals surface area contributed by atoms with E-state index >= 15 is 0 Å². The lowest BCUT2D eigenvalue weighted by molar-refractivity contribution is 0.442. The number of benzene rings is 2. The molecule has 0 spiro atoms. The zero-order valence-electron chi connectivity index (χ0n) is 9.09. The minimum absolute atomic E-state index is 0.0145. The van der Waals surface area contributed by atoms with Crippen LogP contribution in [-0.4, -0.2) is 0 Å². The van der Waals surface area contributed by atoms with E-state index in [1.165, 1.54) is 12.1 Å². The number of halogens is 4. The summed E-state index contributed by atoms with van der Waals surface area (Å²) in [4.78, 5) is 0. The third kappa shape index (κ3) is 2.97. The zero-order chi connectivity index (χ0) is 13.1. The van der Waals surface area contributed by atoms with Crippen LogP contribution in [-0.2, 0) is 5.33 Å². The molecule has 0 saturated heterocycles. The van der Waals surface area contributed by atoms with E-state index in [1.807, 2.05) is 6.07 Å². The monoisotopic (exact) mass is 348 g/mol. The summed E-state index contributed by atoms with van der Waals surface area (Å²) >= 11 is 15.0. The molecule has 0 atom stereocenters. The molecule has 2 aromatic carbocycles. The first-order valence-corrected chi connectivity index (χ1v) is 6.96. The highest BCUT2D eigenvalue weighted by atomic mass is 79.9. The fraction of sp³-hybridized carbons (Fsp3) is 0.0769. The Morgan fingerprint density at radius 2 is 1.83 bits per heavy atom. The molecule has 0 aliphatic carbocycles. The number of hydrogen-bond donors (Lipinski definition) is 0. The van der Waals surface area contributed by atoms with Gasteiger partial charge in [0.05, 0.1) is 10.0 Å². The maximum Gasteiger partial charge on any atom is 0.184 e. The van der Waals surface area contributed by atoms with Crippen LogP contribution in [0.15, 0.2) is 36.4 Å². The van der Waals surface area contributed by atoms with Gasteiger partial charge in [0.15, 0.2) is 11.6 Å². The molecule has 0 aromatic heterocycles. The van der Waals surface area contributed by atoms with Gasteiger partial charge in [-0.15, -0.1) is 0 Å². The second kappa shape index (κ2) is 5.91. The highest BCUT2D eigenvalue weighted by Gasteiger charge is 2.10. The molecule has 0 fully saturated rings. The van der Waals surface area contributed by atoms with Gasteiger partial charge in [-0.1, -0.05) is 51.3 Å².